The van der Waals surface area contributed by atoms with Crippen LogP contribution in [0, 0.1) is 11.6 Å². The van der Waals surface area contributed by atoms with Crippen LogP contribution >= 0.6 is 0 Å². The number of methoxy groups -OCH3 is 1. The van der Waals surface area contributed by atoms with Gasteiger partial charge in [0.2, 0.25) is 5.91 Å². The van der Waals surface area contributed by atoms with Gasteiger partial charge in [-0.25, -0.2) is 18.6 Å². The van der Waals surface area contributed by atoms with Crippen molar-refractivity contribution in [3.05, 3.63) is 53.6 Å². The van der Waals surface area contributed by atoms with Crippen molar-refractivity contribution in [2.45, 2.75) is 18.9 Å². The molecule has 23 heavy (non-hydrogen) atoms. The number of hydrogen-bond acceptors (Lipinski definition) is 4. The Morgan fingerprint density at radius 1 is 1.35 bits per heavy atom. The normalized spacial score (nSPS) is 11.8. The molecule has 2 rings (SSSR count). The minimum absolute atomic E-state index is 0.123. The number of aromatic amines is 1. The minimum Gasteiger partial charge on any atom is -0.467 e. The summed E-state index contributed by atoms with van der Waals surface area (Å²) in [4.78, 5) is 30.3. The lowest BCUT2D eigenvalue weighted by molar-refractivity contribution is -0.145. The van der Waals surface area contributed by atoms with Gasteiger partial charge in [0, 0.05) is 23.9 Å². The zero-order valence-electron chi connectivity index (χ0n) is 12.3. The van der Waals surface area contributed by atoms with Crippen LogP contribution in [0.4, 0.5) is 8.78 Å². The Morgan fingerprint density at radius 2 is 2.04 bits per heavy atom. The monoisotopic (exact) mass is 323 g/mol. The molecule has 0 saturated heterocycles. The summed E-state index contributed by atoms with van der Waals surface area (Å²) in [6.45, 7) is 0. The molecule has 8 heteroatoms. The van der Waals surface area contributed by atoms with E-state index in [1.54, 1.807) is 0 Å². The Balaban J connectivity index is 2.06. The molecular formula is C15H15F2N3O3. The van der Waals surface area contributed by atoms with Crippen molar-refractivity contribution in [1.82, 2.24) is 15.3 Å². The summed E-state index contributed by atoms with van der Waals surface area (Å²) in [5, 5.41) is 2.41. The number of amides is 1. The SMILES string of the molecule is COC(=O)[C@@H](Cc1cnc[nH]1)NC(=O)Cc1c(F)cccc1F. The van der Waals surface area contributed by atoms with Crippen molar-refractivity contribution in [1.29, 1.82) is 0 Å². The summed E-state index contributed by atoms with van der Waals surface area (Å²) >= 11 is 0. The maximum Gasteiger partial charge on any atom is 0.328 e. The summed E-state index contributed by atoms with van der Waals surface area (Å²) in [6, 6.07) is 2.35. The van der Waals surface area contributed by atoms with E-state index < -0.39 is 36.0 Å². The van der Waals surface area contributed by atoms with Gasteiger partial charge in [0.15, 0.2) is 0 Å². The summed E-state index contributed by atoms with van der Waals surface area (Å²) in [7, 11) is 1.19. The number of halogens is 2. The second-order valence-corrected chi connectivity index (χ2v) is 4.80. The van der Waals surface area contributed by atoms with Crippen LogP contribution in [0.1, 0.15) is 11.3 Å². The Morgan fingerprint density at radius 3 is 2.61 bits per heavy atom. The van der Waals surface area contributed by atoms with Crippen LogP contribution in [-0.4, -0.2) is 35.0 Å². The molecule has 1 amide bonds. The quantitative estimate of drug-likeness (QED) is 0.781. The number of esters is 1. The predicted octanol–water partition coefficient (Wildman–Crippen LogP) is 1.13. The highest BCUT2D eigenvalue weighted by atomic mass is 19.1. The molecule has 0 fully saturated rings. The first-order chi connectivity index (χ1) is 11.0. The van der Waals surface area contributed by atoms with E-state index in [1.807, 2.05) is 0 Å². The summed E-state index contributed by atoms with van der Waals surface area (Å²) in [5.74, 6) is -2.99. The molecule has 0 aliphatic heterocycles. The Hall–Kier alpha value is -2.77. The first-order valence-electron chi connectivity index (χ1n) is 6.78. The van der Waals surface area contributed by atoms with E-state index in [-0.39, 0.29) is 12.0 Å². The molecule has 0 radical (unpaired) electrons. The van der Waals surface area contributed by atoms with Gasteiger partial charge in [-0.1, -0.05) is 6.07 Å². The molecule has 0 spiro atoms. The number of imidazole rings is 1. The van der Waals surface area contributed by atoms with Crippen molar-refractivity contribution in [2.24, 2.45) is 0 Å². The van der Waals surface area contributed by atoms with Gasteiger partial charge in [0.05, 0.1) is 19.9 Å². The number of aromatic nitrogens is 2. The van der Waals surface area contributed by atoms with Crippen molar-refractivity contribution < 1.29 is 23.1 Å². The van der Waals surface area contributed by atoms with Gasteiger partial charge < -0.3 is 15.0 Å². The molecule has 0 aliphatic rings. The number of carbonyl (C=O) groups is 2. The maximum absolute atomic E-state index is 13.6. The number of nitrogens with one attached hydrogen (secondary N) is 2. The lowest BCUT2D eigenvalue weighted by Gasteiger charge is -2.16. The van der Waals surface area contributed by atoms with Crippen LogP contribution in [-0.2, 0) is 27.2 Å². The first-order valence-corrected chi connectivity index (χ1v) is 6.78. The summed E-state index contributed by atoms with van der Waals surface area (Å²) < 4.78 is 31.7. The predicted molar refractivity (Wildman–Crippen MR) is 76.3 cm³/mol. The third kappa shape index (κ3) is 4.35. The third-order valence-corrected chi connectivity index (χ3v) is 3.20. The number of rotatable bonds is 6. The van der Waals surface area contributed by atoms with E-state index in [1.165, 1.54) is 25.7 Å². The van der Waals surface area contributed by atoms with Crippen molar-refractivity contribution in [3.63, 3.8) is 0 Å². The van der Waals surface area contributed by atoms with E-state index >= 15 is 0 Å². The Bertz CT molecular complexity index is 669. The smallest absolute Gasteiger partial charge is 0.328 e. The van der Waals surface area contributed by atoms with Gasteiger partial charge >= 0.3 is 5.97 Å². The molecule has 0 aliphatic carbocycles. The highest BCUT2D eigenvalue weighted by molar-refractivity contribution is 5.85. The molecule has 0 bridgehead atoms. The van der Waals surface area contributed by atoms with Crippen molar-refractivity contribution >= 4 is 11.9 Å². The van der Waals surface area contributed by atoms with Crippen molar-refractivity contribution in [3.8, 4) is 0 Å². The topological polar surface area (TPSA) is 84.1 Å². The minimum atomic E-state index is -0.984. The maximum atomic E-state index is 13.6. The zero-order chi connectivity index (χ0) is 16.8. The fourth-order valence-electron chi connectivity index (χ4n) is 2.06. The average Bonchev–Trinajstić information content (AvgIpc) is 3.02. The Kier molecular flexibility index (Phi) is 5.40. The van der Waals surface area contributed by atoms with Crippen LogP contribution in [0.25, 0.3) is 0 Å². The number of nitrogens with zero attached hydrogens (tertiary/aromatic N) is 1. The summed E-state index contributed by atoms with van der Waals surface area (Å²) in [5.41, 5.74) is 0.257. The molecular weight excluding hydrogens is 308 g/mol. The largest absolute Gasteiger partial charge is 0.467 e. The molecule has 1 aromatic heterocycles. The van der Waals surface area contributed by atoms with Crippen LogP contribution in [0.2, 0.25) is 0 Å². The van der Waals surface area contributed by atoms with Crippen LogP contribution < -0.4 is 5.32 Å². The second kappa shape index (κ2) is 7.48. The molecule has 1 aromatic carbocycles. The van der Waals surface area contributed by atoms with E-state index in [2.05, 4.69) is 20.0 Å². The van der Waals surface area contributed by atoms with Crippen LogP contribution in [0.15, 0.2) is 30.7 Å². The van der Waals surface area contributed by atoms with Crippen LogP contribution in [0.3, 0.4) is 0 Å². The molecule has 122 valence electrons. The lowest BCUT2D eigenvalue weighted by atomic mass is 10.1. The molecule has 1 atom stereocenters. The van der Waals surface area contributed by atoms with E-state index in [4.69, 9.17) is 0 Å². The zero-order valence-corrected chi connectivity index (χ0v) is 12.3. The highest BCUT2D eigenvalue weighted by Gasteiger charge is 2.23. The molecule has 2 aromatic rings. The van der Waals surface area contributed by atoms with Crippen molar-refractivity contribution in [2.75, 3.05) is 7.11 Å². The molecule has 0 unspecified atom stereocenters. The average molecular weight is 323 g/mol. The summed E-state index contributed by atoms with van der Waals surface area (Å²) in [6.07, 6.45) is 2.53. The number of benzene rings is 1. The molecule has 1 heterocycles. The third-order valence-electron chi connectivity index (χ3n) is 3.20. The fraction of sp³-hybridized carbons (Fsp3) is 0.267. The van der Waals surface area contributed by atoms with Gasteiger partial charge in [0.25, 0.3) is 0 Å². The molecule has 6 nitrogen and oxygen atoms in total. The standard InChI is InChI=1S/C15H15F2N3O3/c1-23-15(22)13(5-9-7-18-8-19-9)20-14(21)6-10-11(16)3-2-4-12(10)17/h2-4,7-8,13H,5-6H2,1H3,(H,18,19)(H,20,21)/t13-/m1/s1. The molecule has 0 saturated carbocycles. The van der Waals surface area contributed by atoms with Gasteiger partial charge in [-0.05, 0) is 12.1 Å². The lowest BCUT2D eigenvalue weighted by Crippen LogP contribution is -2.43. The fourth-order valence-corrected chi connectivity index (χ4v) is 2.06. The number of ether oxygens (including phenoxy) is 1. The molecule has 2 N–H and O–H groups in total. The number of H-pyrrole nitrogens is 1. The van der Waals surface area contributed by atoms with Gasteiger partial charge in [0.1, 0.15) is 17.7 Å². The van der Waals surface area contributed by atoms with E-state index in [0.717, 1.165) is 12.1 Å². The van der Waals surface area contributed by atoms with Crippen LogP contribution in [0.5, 0.6) is 0 Å². The number of carbonyl (C=O) groups excluding carboxylic acids is 2. The van der Waals surface area contributed by atoms with Gasteiger partial charge in [-0.2, -0.15) is 0 Å². The Labute approximate surface area is 130 Å². The highest BCUT2D eigenvalue weighted by Crippen LogP contribution is 2.13. The first kappa shape index (κ1) is 16.6. The van der Waals surface area contributed by atoms with E-state index in [9.17, 15) is 18.4 Å². The van der Waals surface area contributed by atoms with Gasteiger partial charge in [-0.3, -0.25) is 4.79 Å². The second-order valence-electron chi connectivity index (χ2n) is 4.80. The number of hydrogen-bond donors (Lipinski definition) is 2. The van der Waals surface area contributed by atoms with E-state index in [0.29, 0.717) is 5.69 Å². The van der Waals surface area contributed by atoms with Gasteiger partial charge in [-0.15, -0.1) is 0 Å².